The number of benzene rings is 1. The fourth-order valence-electron chi connectivity index (χ4n) is 1.70. The van der Waals surface area contributed by atoms with Gasteiger partial charge in [-0.25, -0.2) is 0 Å². The minimum atomic E-state index is -4.61. The Bertz CT molecular complexity index is 646. The number of hydrogen-bond donors (Lipinski definition) is 3. The molecule has 1 aromatic rings. The molecule has 0 saturated heterocycles. The molecule has 0 aliphatic heterocycles. The molecule has 0 spiro atoms. The van der Waals surface area contributed by atoms with Crippen molar-refractivity contribution >= 4 is 52.8 Å². The van der Waals surface area contributed by atoms with Crippen LogP contribution in [0.15, 0.2) is 12.1 Å². The molecule has 8 nitrogen and oxygen atoms in total. The molecule has 1 rings (SSSR count). The van der Waals surface area contributed by atoms with Crippen LogP contribution < -0.4 is 7.55 Å². The van der Waals surface area contributed by atoms with E-state index in [1.54, 1.807) is 0 Å². The van der Waals surface area contributed by atoms with Crippen molar-refractivity contribution in [2.45, 2.75) is 18.8 Å². The van der Waals surface area contributed by atoms with Gasteiger partial charge in [-0.3, -0.25) is 0 Å². The minimum absolute atomic E-state index is 0.181. The first-order chi connectivity index (χ1) is 9.57. The van der Waals surface area contributed by atoms with E-state index in [4.69, 9.17) is 19.5 Å². The van der Waals surface area contributed by atoms with Crippen molar-refractivity contribution in [2.75, 3.05) is 0 Å². The summed E-state index contributed by atoms with van der Waals surface area (Å²) in [5.74, 6) is -3.48. The van der Waals surface area contributed by atoms with Gasteiger partial charge in [-0.2, -0.15) is 0 Å². The summed E-state index contributed by atoms with van der Waals surface area (Å²) in [4.78, 5) is 22.4. The van der Waals surface area contributed by atoms with Gasteiger partial charge >= 0.3 is 138 Å². The predicted molar refractivity (Wildman–Crippen MR) is 72.0 cm³/mol. The number of carboxylic acid groups (broad SMARTS) is 2. The Kier molecular flexibility index (Phi) is 5.76. The second-order valence-electron chi connectivity index (χ2n) is 4.27. The van der Waals surface area contributed by atoms with Gasteiger partial charge in [0.25, 0.3) is 0 Å². The van der Waals surface area contributed by atoms with Crippen molar-refractivity contribution in [1.82, 2.24) is 0 Å². The number of rotatable bonds is 6. The fraction of sp³-hybridized carbons (Fsp3) is 0.273. The van der Waals surface area contributed by atoms with E-state index >= 15 is 0 Å². The Labute approximate surface area is 137 Å². The summed E-state index contributed by atoms with van der Waals surface area (Å²) in [5, 5.41) is 18.2. The van der Waals surface area contributed by atoms with E-state index in [0.29, 0.717) is 30.7 Å². The van der Waals surface area contributed by atoms with Crippen LogP contribution in [-0.2, 0) is 10.1 Å². The maximum absolute atomic E-state index is 11.2. The van der Waals surface area contributed by atoms with E-state index in [0.717, 1.165) is 0 Å². The third-order valence-corrected chi connectivity index (χ3v) is 4.28. The van der Waals surface area contributed by atoms with Crippen LogP contribution in [0.1, 0.15) is 34.1 Å². The van der Waals surface area contributed by atoms with E-state index in [-0.39, 0.29) is 6.42 Å². The van der Waals surface area contributed by atoms with Gasteiger partial charge in [0.15, 0.2) is 0 Å². The third kappa shape index (κ3) is 4.42. The summed E-state index contributed by atoms with van der Waals surface area (Å²) in [6.07, 6.45) is -0.181. The van der Waals surface area contributed by atoms with Gasteiger partial charge in [0, 0.05) is 0 Å². The summed E-state index contributed by atoms with van der Waals surface area (Å²) < 4.78 is 36.8. The Morgan fingerprint density at radius 1 is 1.24 bits per heavy atom. The van der Waals surface area contributed by atoms with Crippen LogP contribution in [0.4, 0.5) is 0 Å². The zero-order valence-electron chi connectivity index (χ0n) is 11.2. The molecule has 0 fully saturated rings. The summed E-state index contributed by atoms with van der Waals surface area (Å²) in [5.41, 5.74) is -2.65. The summed E-state index contributed by atoms with van der Waals surface area (Å²) in [6, 6.07) is 2.43. The molecule has 0 aliphatic carbocycles. The Morgan fingerprint density at radius 2 is 1.67 bits per heavy atom. The molecule has 0 heterocycles. The zero-order chi connectivity index (χ0) is 16.4. The van der Waals surface area contributed by atoms with Crippen LogP contribution in [0.2, 0.25) is 0 Å². The van der Waals surface area contributed by atoms with E-state index < -0.39 is 44.4 Å². The molecule has 1 atom stereocenters. The first-order valence-electron chi connectivity index (χ1n) is 5.82. The van der Waals surface area contributed by atoms with Crippen molar-refractivity contribution in [3.63, 3.8) is 0 Å². The Morgan fingerprint density at radius 3 is 1.95 bits per heavy atom. The van der Waals surface area contributed by atoms with Crippen molar-refractivity contribution in [3.8, 4) is 5.75 Å². The van der Waals surface area contributed by atoms with Crippen molar-refractivity contribution < 1.29 is 37.5 Å². The number of ether oxygens (including phenoxy) is 1. The molecule has 0 bridgehead atoms. The standard InChI is InChI=1S/C11H11O8S.Na/c1-2-8(20(16,17)18)19-9-6(10(12)13)4-3-5-7(9)11(14)15;/h4-5,8H,2H2,1H3,(H,12,13)(H,14,15)(H,16,17,18);. The quantitative estimate of drug-likeness (QED) is 0.486. The van der Waals surface area contributed by atoms with Crippen molar-refractivity contribution in [3.05, 3.63) is 23.3 Å². The van der Waals surface area contributed by atoms with Crippen LogP contribution in [0.5, 0.6) is 5.75 Å². The normalized spacial score (nSPS) is 12.8. The SMILES string of the molecule is CCC(Oc1c(C(=O)O)c[c]([Na])cc1C(=O)O)S(=O)(=O)O. The molecule has 21 heavy (non-hydrogen) atoms. The zero-order valence-corrected chi connectivity index (χ0v) is 14.0. The number of hydrogen-bond acceptors (Lipinski definition) is 5. The third-order valence-electron chi connectivity index (χ3n) is 2.61. The van der Waals surface area contributed by atoms with Gasteiger partial charge in [-0.15, -0.1) is 0 Å². The second kappa shape index (κ2) is 6.75. The molecule has 0 aliphatic rings. The van der Waals surface area contributed by atoms with Crippen molar-refractivity contribution in [2.24, 2.45) is 0 Å². The Balaban J connectivity index is 3.51. The van der Waals surface area contributed by atoms with E-state index in [9.17, 15) is 18.0 Å². The average Bonchev–Trinajstić information content (AvgIpc) is 2.34. The molecule has 0 saturated carbocycles. The van der Waals surface area contributed by atoms with E-state index in [2.05, 4.69) is 0 Å². The van der Waals surface area contributed by atoms with Gasteiger partial charge in [0.2, 0.25) is 0 Å². The first kappa shape index (κ1) is 17.9. The molecule has 110 valence electrons. The van der Waals surface area contributed by atoms with Crippen LogP contribution in [-0.4, -0.2) is 68.5 Å². The summed E-state index contributed by atoms with van der Waals surface area (Å²) in [7, 11) is -4.61. The van der Waals surface area contributed by atoms with Crippen LogP contribution in [0, 0.1) is 0 Å². The molecule has 0 aromatic heterocycles. The van der Waals surface area contributed by atoms with Gasteiger partial charge in [0.1, 0.15) is 0 Å². The number of carbonyl (C=O) groups is 2. The summed E-state index contributed by atoms with van der Waals surface area (Å²) in [6.45, 7) is 1.39. The van der Waals surface area contributed by atoms with Gasteiger partial charge < -0.3 is 0 Å². The molecule has 0 radical (unpaired) electrons. The fourth-order valence-corrected chi connectivity index (χ4v) is 2.92. The van der Waals surface area contributed by atoms with E-state index in [1.807, 2.05) is 0 Å². The number of carboxylic acids is 2. The molecule has 1 unspecified atom stereocenters. The topological polar surface area (TPSA) is 138 Å². The first-order valence-corrected chi connectivity index (χ1v) is 8.32. The molecule has 3 N–H and O–H groups in total. The average molecular weight is 326 g/mol. The number of aromatic carboxylic acids is 2. The predicted octanol–water partition coefficient (Wildman–Crippen LogP) is -0.120. The van der Waals surface area contributed by atoms with E-state index in [1.165, 1.54) is 19.1 Å². The molecular weight excluding hydrogens is 315 g/mol. The van der Waals surface area contributed by atoms with Gasteiger partial charge in [0.05, 0.1) is 0 Å². The molecular formula is C11H11NaO8S. The Hall–Kier alpha value is -1.13. The van der Waals surface area contributed by atoms with Crippen LogP contribution in [0.25, 0.3) is 0 Å². The second-order valence-corrected chi connectivity index (χ2v) is 6.98. The van der Waals surface area contributed by atoms with Gasteiger partial charge in [-0.05, 0) is 0 Å². The summed E-state index contributed by atoms with van der Waals surface area (Å²) >= 11 is 0.402. The van der Waals surface area contributed by atoms with Crippen molar-refractivity contribution in [1.29, 1.82) is 0 Å². The molecule has 10 heteroatoms. The van der Waals surface area contributed by atoms with Gasteiger partial charge in [-0.1, -0.05) is 0 Å². The monoisotopic (exact) mass is 326 g/mol. The molecule has 0 amide bonds. The molecule has 1 aromatic carbocycles. The van der Waals surface area contributed by atoms with Crippen LogP contribution >= 0.6 is 0 Å². The maximum atomic E-state index is 11.2. The van der Waals surface area contributed by atoms with Crippen LogP contribution in [0.3, 0.4) is 0 Å².